The first-order chi connectivity index (χ1) is 4.22. The summed E-state index contributed by atoms with van der Waals surface area (Å²) in [5, 5.41) is 0.207. The molecule has 0 atom stereocenters. The summed E-state index contributed by atoms with van der Waals surface area (Å²) in [6.45, 7) is 0. The summed E-state index contributed by atoms with van der Waals surface area (Å²) in [6, 6.07) is 4.72. The van der Waals surface area contributed by atoms with E-state index in [0.29, 0.717) is 0 Å². The Morgan fingerprint density at radius 3 is 2.56 bits per heavy atom. The van der Waals surface area contributed by atoms with Crippen molar-refractivity contribution in [3.8, 4) is 0 Å². The van der Waals surface area contributed by atoms with Gasteiger partial charge in [0.2, 0.25) is 0 Å². The van der Waals surface area contributed by atoms with E-state index in [9.17, 15) is 4.39 Å². The minimum absolute atomic E-state index is 0.207. The Balaban J connectivity index is 3.25. The highest BCUT2D eigenvalue weighted by molar-refractivity contribution is 14.1. The minimum Gasteiger partial charge on any atom is -0.205 e. The SMILES string of the molecule is Fc1cccc(I)c1Cl. The smallest absolute Gasteiger partial charge is 0.142 e. The summed E-state index contributed by atoms with van der Waals surface area (Å²) >= 11 is 7.47. The van der Waals surface area contributed by atoms with Gasteiger partial charge in [0.05, 0.1) is 5.02 Å². The molecule has 0 unspecified atom stereocenters. The molecule has 48 valence electrons. The Kier molecular flexibility index (Phi) is 2.29. The molecule has 0 saturated heterocycles. The van der Waals surface area contributed by atoms with Crippen molar-refractivity contribution in [2.75, 3.05) is 0 Å². The Labute approximate surface area is 71.2 Å². The molecule has 0 spiro atoms. The highest BCUT2D eigenvalue weighted by Gasteiger charge is 1.99. The van der Waals surface area contributed by atoms with Gasteiger partial charge in [-0.15, -0.1) is 0 Å². The molecule has 0 amide bonds. The molecule has 0 saturated carbocycles. The maximum Gasteiger partial charge on any atom is 0.142 e. The van der Waals surface area contributed by atoms with Crippen molar-refractivity contribution in [3.05, 3.63) is 32.6 Å². The van der Waals surface area contributed by atoms with E-state index < -0.39 is 0 Å². The molecule has 0 aromatic heterocycles. The molecule has 3 heteroatoms. The lowest BCUT2D eigenvalue weighted by atomic mass is 10.4. The van der Waals surface area contributed by atoms with E-state index in [-0.39, 0.29) is 10.8 Å². The van der Waals surface area contributed by atoms with Gasteiger partial charge in [0.25, 0.3) is 0 Å². The third kappa shape index (κ3) is 1.55. The summed E-state index contributed by atoms with van der Waals surface area (Å²) in [7, 11) is 0. The summed E-state index contributed by atoms with van der Waals surface area (Å²) in [5.41, 5.74) is 0. The second-order valence-electron chi connectivity index (χ2n) is 1.54. The Bertz CT molecular complexity index is 204. The molecule has 0 heterocycles. The van der Waals surface area contributed by atoms with Crippen LogP contribution in [0.4, 0.5) is 4.39 Å². The standard InChI is InChI=1S/C6H3ClFI/c7-6-4(8)2-1-3-5(6)9/h1-3H. The second kappa shape index (κ2) is 2.84. The van der Waals surface area contributed by atoms with Crippen LogP contribution in [0.5, 0.6) is 0 Å². The first-order valence-electron chi connectivity index (χ1n) is 2.31. The quantitative estimate of drug-likeness (QED) is 0.494. The van der Waals surface area contributed by atoms with Gasteiger partial charge in [0.1, 0.15) is 5.82 Å². The first-order valence-corrected chi connectivity index (χ1v) is 3.77. The topological polar surface area (TPSA) is 0 Å². The zero-order valence-corrected chi connectivity index (χ0v) is 7.28. The number of rotatable bonds is 0. The molecule has 0 fully saturated rings. The largest absolute Gasteiger partial charge is 0.205 e. The molecule has 9 heavy (non-hydrogen) atoms. The fraction of sp³-hybridized carbons (Fsp3) is 0. The van der Waals surface area contributed by atoms with Gasteiger partial charge in [-0.25, -0.2) is 4.39 Å². The summed E-state index contributed by atoms with van der Waals surface area (Å²) in [5.74, 6) is -0.358. The van der Waals surface area contributed by atoms with Crippen molar-refractivity contribution in [3.63, 3.8) is 0 Å². The third-order valence-electron chi connectivity index (χ3n) is 0.904. The van der Waals surface area contributed by atoms with Crippen LogP contribution in [0.3, 0.4) is 0 Å². The lowest BCUT2D eigenvalue weighted by Gasteiger charge is -1.93. The van der Waals surface area contributed by atoms with Crippen molar-refractivity contribution in [2.24, 2.45) is 0 Å². The Morgan fingerprint density at radius 1 is 1.44 bits per heavy atom. The Morgan fingerprint density at radius 2 is 2.11 bits per heavy atom. The van der Waals surface area contributed by atoms with Crippen LogP contribution in [-0.4, -0.2) is 0 Å². The average Bonchev–Trinajstić information content (AvgIpc) is 1.83. The van der Waals surface area contributed by atoms with Crippen LogP contribution in [-0.2, 0) is 0 Å². The molecule has 0 aliphatic carbocycles. The van der Waals surface area contributed by atoms with Crippen LogP contribution in [0.25, 0.3) is 0 Å². The van der Waals surface area contributed by atoms with Crippen LogP contribution in [0.2, 0.25) is 5.02 Å². The highest BCUT2D eigenvalue weighted by Crippen LogP contribution is 2.20. The van der Waals surface area contributed by atoms with Gasteiger partial charge in [0.15, 0.2) is 0 Å². The number of halogens is 3. The van der Waals surface area contributed by atoms with Gasteiger partial charge in [-0.1, -0.05) is 17.7 Å². The summed E-state index contributed by atoms with van der Waals surface area (Å²) < 4.78 is 13.2. The summed E-state index contributed by atoms with van der Waals surface area (Å²) in [4.78, 5) is 0. The molecule has 0 N–H and O–H groups in total. The molecule has 0 radical (unpaired) electrons. The average molecular weight is 256 g/mol. The van der Waals surface area contributed by atoms with Gasteiger partial charge < -0.3 is 0 Å². The lowest BCUT2D eigenvalue weighted by molar-refractivity contribution is 0.627. The third-order valence-corrected chi connectivity index (χ3v) is 2.51. The first kappa shape index (κ1) is 7.28. The Hall–Kier alpha value is 0.170. The van der Waals surface area contributed by atoms with Crippen LogP contribution in [0, 0.1) is 9.39 Å². The highest BCUT2D eigenvalue weighted by atomic mass is 127. The normalized spacial score (nSPS) is 9.67. The zero-order chi connectivity index (χ0) is 6.85. The molecule has 0 aliphatic rings. The van der Waals surface area contributed by atoms with Crippen LogP contribution in [0.15, 0.2) is 18.2 Å². The van der Waals surface area contributed by atoms with E-state index >= 15 is 0 Å². The van der Waals surface area contributed by atoms with Crippen LogP contribution in [0.1, 0.15) is 0 Å². The monoisotopic (exact) mass is 256 g/mol. The van der Waals surface area contributed by atoms with Crippen molar-refractivity contribution >= 4 is 34.2 Å². The number of hydrogen-bond acceptors (Lipinski definition) is 0. The van der Waals surface area contributed by atoms with E-state index in [1.165, 1.54) is 6.07 Å². The van der Waals surface area contributed by atoms with Gasteiger partial charge in [-0.05, 0) is 34.7 Å². The number of benzene rings is 1. The molecule has 0 nitrogen and oxygen atoms in total. The zero-order valence-electron chi connectivity index (χ0n) is 4.37. The van der Waals surface area contributed by atoms with Gasteiger partial charge >= 0.3 is 0 Å². The van der Waals surface area contributed by atoms with E-state index in [2.05, 4.69) is 0 Å². The molecule has 0 aliphatic heterocycles. The molecule has 0 bridgehead atoms. The fourth-order valence-electron chi connectivity index (χ4n) is 0.477. The minimum atomic E-state index is -0.358. The predicted octanol–water partition coefficient (Wildman–Crippen LogP) is 3.08. The van der Waals surface area contributed by atoms with E-state index in [1.54, 1.807) is 12.1 Å². The molecular weight excluding hydrogens is 253 g/mol. The van der Waals surface area contributed by atoms with Crippen LogP contribution < -0.4 is 0 Å². The van der Waals surface area contributed by atoms with Crippen molar-refractivity contribution in [2.45, 2.75) is 0 Å². The maximum atomic E-state index is 12.4. The molecular formula is C6H3ClFI. The summed E-state index contributed by atoms with van der Waals surface area (Å²) in [6.07, 6.45) is 0. The van der Waals surface area contributed by atoms with Crippen molar-refractivity contribution < 1.29 is 4.39 Å². The lowest BCUT2D eigenvalue weighted by Crippen LogP contribution is -1.78. The fourth-order valence-corrected chi connectivity index (χ4v) is 1.07. The van der Waals surface area contributed by atoms with E-state index in [0.717, 1.165) is 3.57 Å². The molecule has 1 rings (SSSR count). The van der Waals surface area contributed by atoms with Gasteiger partial charge in [-0.2, -0.15) is 0 Å². The van der Waals surface area contributed by atoms with E-state index in [4.69, 9.17) is 11.6 Å². The number of hydrogen-bond donors (Lipinski definition) is 0. The maximum absolute atomic E-state index is 12.4. The predicted molar refractivity (Wildman–Crippen MR) is 44.1 cm³/mol. The second-order valence-corrected chi connectivity index (χ2v) is 3.08. The van der Waals surface area contributed by atoms with Crippen LogP contribution >= 0.6 is 34.2 Å². The van der Waals surface area contributed by atoms with E-state index in [1.807, 2.05) is 22.6 Å². The van der Waals surface area contributed by atoms with Crippen molar-refractivity contribution in [1.82, 2.24) is 0 Å². The molecule has 1 aromatic carbocycles. The van der Waals surface area contributed by atoms with Crippen molar-refractivity contribution in [1.29, 1.82) is 0 Å². The van der Waals surface area contributed by atoms with Gasteiger partial charge in [-0.3, -0.25) is 0 Å². The molecule has 1 aromatic rings. The van der Waals surface area contributed by atoms with Gasteiger partial charge in [0, 0.05) is 3.57 Å².